The summed E-state index contributed by atoms with van der Waals surface area (Å²) in [4.78, 5) is 52.7. The lowest BCUT2D eigenvalue weighted by Crippen LogP contribution is -2.54. The number of aliphatic hydroxyl groups is 2. The lowest BCUT2D eigenvalue weighted by atomic mass is 10.1. The number of benzene rings is 2. The van der Waals surface area contributed by atoms with Crippen molar-refractivity contribution in [2.75, 3.05) is 6.61 Å². The molecule has 2 amide bonds. The molecule has 7 N–H and O–H groups in total. The van der Waals surface area contributed by atoms with Crippen LogP contribution in [0.25, 0.3) is 10.8 Å². The molecule has 258 valence electrons. The van der Waals surface area contributed by atoms with Crippen molar-refractivity contribution >= 4 is 48.1 Å². The Morgan fingerprint density at radius 1 is 0.851 bits per heavy atom. The molecule has 47 heavy (non-hydrogen) atoms. The van der Waals surface area contributed by atoms with E-state index < -0.39 is 81.3 Å². The average molecular weight is 744 g/mol. The lowest BCUT2D eigenvalue weighted by Gasteiger charge is -2.33. The maximum atomic E-state index is 12.5. The van der Waals surface area contributed by atoms with E-state index in [4.69, 9.17) is 9.47 Å². The van der Waals surface area contributed by atoms with Gasteiger partial charge in [0.25, 0.3) is 0 Å². The topological polar surface area (TPSA) is 287 Å². The number of nitrogens with one attached hydrogen (secondary N) is 1. The van der Waals surface area contributed by atoms with E-state index in [1.807, 2.05) is 6.07 Å². The van der Waals surface area contributed by atoms with Crippen LogP contribution in [0.15, 0.2) is 66.1 Å². The molecule has 9 atom stereocenters. The number of nitrogens with zero attached hydrogens (tertiary/aromatic N) is 1. The molecule has 24 heteroatoms. The van der Waals surface area contributed by atoms with Crippen LogP contribution < -0.4 is 5.32 Å². The first-order valence-corrected chi connectivity index (χ1v) is 19.2. The fourth-order valence-corrected chi connectivity index (χ4v) is 9.56. The van der Waals surface area contributed by atoms with E-state index in [1.165, 1.54) is 12.3 Å². The van der Waals surface area contributed by atoms with Gasteiger partial charge in [-0.15, -0.1) is 0 Å². The average Bonchev–Trinajstić information content (AvgIpc) is 3.45. The van der Waals surface area contributed by atoms with Crippen LogP contribution in [0.2, 0.25) is 0 Å². The van der Waals surface area contributed by atoms with E-state index >= 15 is 0 Å². The molecule has 2 aromatic carbocycles. The Bertz CT molecular complexity index is 1800. The second-order valence-corrected chi connectivity index (χ2v) is 16.4. The number of amides is 2. The molecule has 3 heterocycles. The summed E-state index contributed by atoms with van der Waals surface area (Å²) >= 11 is 0. The van der Waals surface area contributed by atoms with Gasteiger partial charge in [0.1, 0.15) is 18.3 Å². The highest BCUT2D eigenvalue weighted by atomic mass is 31.3. The highest BCUT2D eigenvalue weighted by Crippen LogP contribution is 2.71. The van der Waals surface area contributed by atoms with Crippen LogP contribution in [0, 0.1) is 0 Å². The van der Waals surface area contributed by atoms with Crippen LogP contribution in [-0.2, 0) is 56.3 Å². The lowest BCUT2D eigenvalue weighted by molar-refractivity contribution is -0.0675. The van der Waals surface area contributed by atoms with E-state index in [-0.39, 0.29) is 0 Å². The van der Waals surface area contributed by atoms with Crippen LogP contribution in [0.5, 0.6) is 0 Å². The van der Waals surface area contributed by atoms with Gasteiger partial charge in [-0.3, -0.25) is 19.3 Å². The van der Waals surface area contributed by atoms with Crippen molar-refractivity contribution in [3.8, 4) is 0 Å². The third-order valence-electron chi connectivity index (χ3n) is 6.59. The van der Waals surface area contributed by atoms with Gasteiger partial charge in [0.2, 0.25) is 6.23 Å². The van der Waals surface area contributed by atoms with Crippen LogP contribution in [0.4, 0.5) is 4.79 Å². The summed E-state index contributed by atoms with van der Waals surface area (Å²) in [5.74, 6) is 0.492. The molecular weight excluding hydrogens is 716 g/mol. The summed E-state index contributed by atoms with van der Waals surface area (Å²) in [6.07, 6.45) is -4.62. The predicted octanol–water partition coefficient (Wildman–Crippen LogP) is 2.44. The zero-order valence-corrected chi connectivity index (χ0v) is 27.4. The SMILES string of the molecule is CC1=CC2=CN(C3OC(COP(=O)(O)OP(=O)(O)OP(=O)(O)OP(=O)(O)OCc4ccc5ccccc5c4)C(O)C3O)C(=O)NC2O1. The fourth-order valence-electron chi connectivity index (χ4n) is 4.63. The summed E-state index contributed by atoms with van der Waals surface area (Å²) in [5, 5.41) is 24.9. The maximum Gasteiger partial charge on any atom is 0.490 e. The van der Waals surface area contributed by atoms with Gasteiger partial charge in [0.15, 0.2) is 6.23 Å². The number of carbonyl (C=O) groups excluding carboxylic acids is 1. The monoisotopic (exact) mass is 744 g/mol. The molecular formula is C23H28N2O18P4. The van der Waals surface area contributed by atoms with Crippen molar-refractivity contribution in [2.45, 2.75) is 44.3 Å². The molecule has 5 rings (SSSR count). The Morgan fingerprint density at radius 3 is 2.15 bits per heavy atom. The summed E-state index contributed by atoms with van der Waals surface area (Å²) in [6, 6.07) is 11.1. The largest absolute Gasteiger partial charge is 0.490 e. The molecule has 9 unspecified atom stereocenters. The second-order valence-electron chi connectivity index (χ2n) is 10.2. The normalized spacial score (nSPS) is 29.4. The van der Waals surface area contributed by atoms with E-state index in [0.29, 0.717) is 16.9 Å². The van der Waals surface area contributed by atoms with Gasteiger partial charge >= 0.3 is 37.3 Å². The Morgan fingerprint density at radius 2 is 1.47 bits per heavy atom. The van der Waals surface area contributed by atoms with E-state index in [0.717, 1.165) is 15.7 Å². The van der Waals surface area contributed by atoms with E-state index in [2.05, 4.69) is 27.3 Å². The number of carbonyl (C=O) groups is 1. The number of hydrogen-bond acceptors (Lipinski definition) is 14. The Kier molecular flexibility index (Phi) is 10.4. The third-order valence-corrected chi connectivity index (χ3v) is 12.5. The van der Waals surface area contributed by atoms with Gasteiger partial charge in [0.05, 0.1) is 19.0 Å². The highest BCUT2D eigenvalue weighted by molar-refractivity contribution is 7.69. The number of allylic oxidation sites excluding steroid dienone is 1. The maximum absolute atomic E-state index is 12.5. The van der Waals surface area contributed by atoms with Crippen LogP contribution in [0.1, 0.15) is 12.5 Å². The molecule has 0 bridgehead atoms. The molecule has 0 radical (unpaired) electrons. The van der Waals surface area contributed by atoms with Crippen LogP contribution in [0.3, 0.4) is 0 Å². The van der Waals surface area contributed by atoms with Gasteiger partial charge in [-0.25, -0.2) is 23.1 Å². The van der Waals surface area contributed by atoms with Crippen LogP contribution in [-0.4, -0.2) is 78.1 Å². The predicted molar refractivity (Wildman–Crippen MR) is 155 cm³/mol. The summed E-state index contributed by atoms with van der Waals surface area (Å²) in [6.45, 7) is -0.0672. The van der Waals surface area contributed by atoms with Gasteiger partial charge in [-0.05, 0) is 35.4 Å². The summed E-state index contributed by atoms with van der Waals surface area (Å²) < 4.78 is 80.7. The number of phosphoric acid groups is 4. The molecule has 3 aliphatic rings. The number of rotatable bonds is 13. The van der Waals surface area contributed by atoms with Crippen LogP contribution >= 0.6 is 31.3 Å². The zero-order chi connectivity index (χ0) is 34.4. The van der Waals surface area contributed by atoms with Crippen molar-refractivity contribution < 1.29 is 84.3 Å². The minimum atomic E-state index is -6.08. The zero-order valence-electron chi connectivity index (χ0n) is 23.8. The first-order chi connectivity index (χ1) is 21.8. The first-order valence-electron chi connectivity index (χ1n) is 13.2. The highest BCUT2D eigenvalue weighted by Gasteiger charge is 2.50. The van der Waals surface area contributed by atoms with Gasteiger partial charge in [0, 0.05) is 11.8 Å². The minimum Gasteiger partial charge on any atom is -0.471 e. The van der Waals surface area contributed by atoms with E-state index in [1.54, 1.807) is 43.3 Å². The second kappa shape index (κ2) is 13.5. The smallest absolute Gasteiger partial charge is 0.471 e. The molecule has 0 spiro atoms. The summed E-state index contributed by atoms with van der Waals surface area (Å²) in [5.41, 5.74) is 0.832. The Labute approximate surface area is 265 Å². The van der Waals surface area contributed by atoms with Crippen molar-refractivity contribution in [3.63, 3.8) is 0 Å². The summed E-state index contributed by atoms with van der Waals surface area (Å²) in [7, 11) is -23.2. The van der Waals surface area contributed by atoms with Crippen molar-refractivity contribution in [2.24, 2.45) is 0 Å². The number of fused-ring (bicyclic) bond motifs is 2. The molecule has 3 aliphatic heterocycles. The van der Waals surface area contributed by atoms with Gasteiger partial charge in [-0.1, -0.05) is 36.4 Å². The quantitative estimate of drug-likeness (QED) is 0.145. The molecule has 0 saturated carbocycles. The number of ether oxygens (including phenoxy) is 2. The van der Waals surface area contributed by atoms with Gasteiger partial charge < -0.3 is 39.3 Å². The number of phosphoric ester groups is 2. The van der Waals surface area contributed by atoms with E-state index in [9.17, 15) is 52.8 Å². The molecule has 1 fully saturated rings. The standard InChI is InChI=1S/C23H28N2O18P4/c1-13-8-17-10-25(23(28)24-21(17)39-13)22-20(27)19(26)18(40-22)12-38-45(31,32)42-47(35,36)43-46(33,34)41-44(29,30)37-11-14-6-7-15-4-2-3-5-16(15)9-14/h2-10,18-22,26-27H,11-12H2,1H3,(H,24,28)(H,29,30)(H,31,32)(H,33,34)(H,35,36). The Hall–Kier alpha value is -2.31. The number of aliphatic hydroxyl groups excluding tert-OH is 2. The Balaban J connectivity index is 1.14. The molecule has 0 aromatic heterocycles. The molecule has 2 aromatic rings. The minimum absolute atomic E-state index is 0.348. The first kappa shape index (κ1) is 36.0. The van der Waals surface area contributed by atoms with Crippen molar-refractivity contribution in [1.82, 2.24) is 10.2 Å². The molecule has 20 nitrogen and oxygen atoms in total. The number of hydrogen-bond donors (Lipinski definition) is 7. The fraction of sp³-hybridized carbons (Fsp3) is 0.348. The number of urea groups is 1. The third kappa shape index (κ3) is 9.03. The van der Waals surface area contributed by atoms with Crippen molar-refractivity contribution in [3.05, 3.63) is 71.6 Å². The van der Waals surface area contributed by atoms with Gasteiger partial charge in [-0.2, -0.15) is 12.9 Å². The van der Waals surface area contributed by atoms with Crippen molar-refractivity contribution in [1.29, 1.82) is 0 Å². The molecule has 0 aliphatic carbocycles. The molecule has 1 saturated heterocycles.